The van der Waals surface area contributed by atoms with Crippen molar-refractivity contribution < 1.29 is 0 Å². The topological polar surface area (TPSA) is 38.9 Å². The van der Waals surface area contributed by atoms with Crippen LogP contribution in [0.15, 0.2) is 273 Å². The second-order valence-electron chi connectivity index (χ2n) is 18.6. The van der Waals surface area contributed by atoms with Gasteiger partial charge in [-0.15, -0.1) is 0 Å². The molecule has 0 bridgehead atoms. The Balaban J connectivity index is 0.924. The molecule has 0 radical (unpaired) electrons. The zero-order valence-electron chi connectivity index (χ0n) is 39.2. The Bertz CT molecular complexity index is 4070. The Morgan fingerprint density at radius 1 is 0.361 bits per heavy atom. The van der Waals surface area contributed by atoms with E-state index >= 15 is 0 Å². The first-order valence-corrected chi connectivity index (χ1v) is 24.5. The summed E-state index contributed by atoms with van der Waals surface area (Å²) in [6.45, 7) is 0. The minimum absolute atomic E-state index is 0.535. The molecule has 72 heavy (non-hydrogen) atoms. The lowest BCUT2D eigenvalue weighted by atomic mass is 9.67. The molecule has 14 rings (SSSR count). The van der Waals surface area contributed by atoms with Crippen molar-refractivity contribution in [2.45, 2.75) is 5.41 Å². The van der Waals surface area contributed by atoms with E-state index in [1.807, 2.05) is 6.07 Å². The van der Waals surface area contributed by atoms with Gasteiger partial charge < -0.3 is 14.0 Å². The van der Waals surface area contributed by atoms with E-state index in [0.717, 1.165) is 45.1 Å². The minimum atomic E-state index is -0.535. The summed E-state index contributed by atoms with van der Waals surface area (Å²) in [4.78, 5) is 11.5. The van der Waals surface area contributed by atoms with Crippen molar-refractivity contribution in [1.82, 2.24) is 19.1 Å². The number of rotatable bonds is 9. The standard InChI is InChI=1S/C67H45N5/c1-5-16-50(17-6-1)67(51-18-7-2-8-19-51)61-25-14-13-24-57(61)58-36-35-56(44-62(58)67)71(55-33-28-47(29-34-55)66-68-39-15-40-69-66)54-31-26-46(27-32-54)48-30-37-63-59(42-48)60-45-64-49(38-41-70(64)52-20-9-3-10-21-52)43-65(60)72(63)53-22-11-4-12-23-53/h1-45H. The number of fused-ring (bicyclic) bond motifs is 7. The van der Waals surface area contributed by atoms with Crippen LogP contribution in [-0.2, 0) is 5.41 Å². The molecule has 0 N–H and O–H groups in total. The first kappa shape index (κ1) is 41.4. The Kier molecular flexibility index (Phi) is 9.68. The highest BCUT2D eigenvalue weighted by atomic mass is 15.1. The van der Waals surface area contributed by atoms with Gasteiger partial charge in [0.2, 0.25) is 0 Å². The maximum Gasteiger partial charge on any atom is 0.159 e. The molecule has 5 nitrogen and oxygen atoms in total. The number of nitrogens with zero attached hydrogens (tertiary/aromatic N) is 5. The third-order valence-electron chi connectivity index (χ3n) is 14.7. The van der Waals surface area contributed by atoms with Crippen LogP contribution in [0.4, 0.5) is 17.1 Å². The van der Waals surface area contributed by atoms with Gasteiger partial charge in [0.15, 0.2) is 5.82 Å². The molecule has 5 heteroatoms. The lowest BCUT2D eigenvalue weighted by molar-refractivity contribution is 0.768. The first-order valence-electron chi connectivity index (χ1n) is 24.5. The monoisotopic (exact) mass is 919 g/mol. The SMILES string of the molecule is c1ccc(-n2ccc3cc4c(cc32)c2cc(-c3ccc(N(c5ccc(-c6ncccn6)cc5)c5ccc6c(c5)C(c5ccccc5)(c5ccccc5)c5ccccc5-6)cc3)ccc2n4-c2ccccc2)cc1. The maximum atomic E-state index is 4.56. The quantitative estimate of drug-likeness (QED) is 0.145. The number of benzene rings is 10. The van der Waals surface area contributed by atoms with Gasteiger partial charge in [-0.25, -0.2) is 9.97 Å². The predicted octanol–water partition coefficient (Wildman–Crippen LogP) is 16.7. The molecule has 3 aromatic heterocycles. The second-order valence-corrected chi connectivity index (χ2v) is 18.6. The molecule has 0 amide bonds. The van der Waals surface area contributed by atoms with E-state index in [4.69, 9.17) is 0 Å². The summed E-state index contributed by atoms with van der Waals surface area (Å²) in [7, 11) is 0. The fraction of sp³-hybridized carbons (Fsp3) is 0.0149. The first-order chi connectivity index (χ1) is 35.7. The van der Waals surface area contributed by atoms with Gasteiger partial charge in [0.25, 0.3) is 0 Å². The van der Waals surface area contributed by atoms with Crippen molar-refractivity contribution in [3.8, 4) is 45.0 Å². The third kappa shape index (κ3) is 6.55. The largest absolute Gasteiger partial charge is 0.317 e. The number of hydrogen-bond donors (Lipinski definition) is 0. The van der Waals surface area contributed by atoms with Crippen LogP contribution in [-0.4, -0.2) is 19.1 Å². The molecule has 0 unspecified atom stereocenters. The molecule has 3 heterocycles. The number of para-hydroxylation sites is 2. The van der Waals surface area contributed by atoms with E-state index in [-0.39, 0.29) is 0 Å². The van der Waals surface area contributed by atoms with Crippen molar-refractivity contribution in [2.75, 3.05) is 4.90 Å². The summed E-state index contributed by atoms with van der Waals surface area (Å²) in [5, 5.41) is 3.63. The van der Waals surface area contributed by atoms with Gasteiger partial charge in [-0.05, 0) is 154 Å². The molecule has 13 aromatic rings. The molecule has 0 spiro atoms. The van der Waals surface area contributed by atoms with Gasteiger partial charge in [0.05, 0.1) is 22.0 Å². The van der Waals surface area contributed by atoms with Gasteiger partial charge in [-0.3, -0.25) is 0 Å². The van der Waals surface area contributed by atoms with Crippen LogP contribution >= 0.6 is 0 Å². The summed E-state index contributed by atoms with van der Waals surface area (Å²) in [6.07, 6.45) is 5.77. The Labute approximate surface area is 417 Å². The zero-order chi connectivity index (χ0) is 47.6. The molecule has 0 fully saturated rings. The average molecular weight is 920 g/mol. The van der Waals surface area contributed by atoms with E-state index in [1.165, 1.54) is 66.1 Å². The van der Waals surface area contributed by atoms with Crippen molar-refractivity contribution in [1.29, 1.82) is 0 Å². The van der Waals surface area contributed by atoms with Crippen molar-refractivity contribution >= 4 is 49.8 Å². The average Bonchev–Trinajstić information content (AvgIpc) is 4.12. The van der Waals surface area contributed by atoms with Crippen LogP contribution in [0, 0.1) is 0 Å². The molecule has 1 aliphatic carbocycles. The third-order valence-corrected chi connectivity index (χ3v) is 14.7. The van der Waals surface area contributed by atoms with Gasteiger partial charge in [0.1, 0.15) is 0 Å². The predicted molar refractivity (Wildman–Crippen MR) is 296 cm³/mol. The second kappa shape index (κ2) is 16.8. The molecular formula is C67H45N5. The van der Waals surface area contributed by atoms with Gasteiger partial charge in [0, 0.05) is 68.7 Å². The molecule has 0 saturated heterocycles. The van der Waals surface area contributed by atoms with Crippen molar-refractivity contribution in [3.63, 3.8) is 0 Å². The van der Waals surface area contributed by atoms with Crippen LogP contribution < -0.4 is 4.90 Å². The van der Waals surface area contributed by atoms with Crippen LogP contribution in [0.1, 0.15) is 22.3 Å². The van der Waals surface area contributed by atoms with Gasteiger partial charge in [-0.1, -0.05) is 146 Å². The fourth-order valence-corrected chi connectivity index (χ4v) is 11.5. The van der Waals surface area contributed by atoms with E-state index < -0.39 is 5.41 Å². The maximum absolute atomic E-state index is 4.56. The molecule has 0 atom stereocenters. The summed E-state index contributed by atoms with van der Waals surface area (Å²) < 4.78 is 4.70. The molecular weight excluding hydrogens is 875 g/mol. The normalized spacial score (nSPS) is 12.6. The van der Waals surface area contributed by atoms with Crippen molar-refractivity contribution in [3.05, 3.63) is 296 Å². The van der Waals surface area contributed by atoms with E-state index in [2.05, 4.69) is 279 Å². The highest BCUT2D eigenvalue weighted by Gasteiger charge is 2.46. The summed E-state index contributed by atoms with van der Waals surface area (Å²) in [5.41, 5.74) is 19.2. The van der Waals surface area contributed by atoms with E-state index in [1.54, 1.807) is 12.4 Å². The fourth-order valence-electron chi connectivity index (χ4n) is 11.5. The zero-order valence-corrected chi connectivity index (χ0v) is 39.2. The van der Waals surface area contributed by atoms with Gasteiger partial charge in [-0.2, -0.15) is 0 Å². The van der Waals surface area contributed by atoms with Gasteiger partial charge >= 0.3 is 0 Å². The molecule has 338 valence electrons. The Morgan fingerprint density at radius 3 is 1.60 bits per heavy atom. The minimum Gasteiger partial charge on any atom is -0.317 e. The molecule has 1 aliphatic rings. The van der Waals surface area contributed by atoms with Crippen LogP contribution in [0.25, 0.3) is 77.7 Å². The Morgan fingerprint density at radius 2 is 0.917 bits per heavy atom. The lowest BCUT2D eigenvalue weighted by Crippen LogP contribution is -2.28. The lowest BCUT2D eigenvalue weighted by Gasteiger charge is -2.35. The van der Waals surface area contributed by atoms with E-state index in [9.17, 15) is 0 Å². The van der Waals surface area contributed by atoms with Crippen LogP contribution in [0.3, 0.4) is 0 Å². The van der Waals surface area contributed by atoms with Crippen LogP contribution in [0.2, 0.25) is 0 Å². The summed E-state index contributed by atoms with van der Waals surface area (Å²) in [6, 6.07) is 92.7. The van der Waals surface area contributed by atoms with E-state index in [0.29, 0.717) is 5.82 Å². The van der Waals surface area contributed by atoms with Crippen molar-refractivity contribution in [2.24, 2.45) is 0 Å². The summed E-state index contributed by atoms with van der Waals surface area (Å²) in [5.74, 6) is 0.698. The molecule has 0 saturated carbocycles. The molecule has 10 aromatic carbocycles. The number of aromatic nitrogens is 4. The highest BCUT2D eigenvalue weighted by molar-refractivity contribution is 6.14. The Hall–Kier alpha value is -9.58. The number of hydrogen-bond acceptors (Lipinski definition) is 3. The number of anilines is 3. The molecule has 0 aliphatic heterocycles. The summed E-state index contributed by atoms with van der Waals surface area (Å²) >= 11 is 0. The highest BCUT2D eigenvalue weighted by Crippen LogP contribution is 2.57. The van der Waals surface area contributed by atoms with Crippen LogP contribution in [0.5, 0.6) is 0 Å². The smallest absolute Gasteiger partial charge is 0.159 e.